The standard InChI is InChI=1S/C19H20FNO3.C15H19BrN2/c20-15-3-1-13(2-4-15)17-7-8-21-10-14(17)11-22-16-5-6-18-19(9-16)24-12-23-18;16-12-6-11-8-17-4-5-18-9-10-2-1-3-13(10)14(7-12)15(11)18/h1-6,9,14,17,21H,7-8,10-12H2;6-7,10,13,17H,1-5,8-9H2/t14-,17-;/m0./s1. The van der Waals surface area contributed by atoms with Crippen LogP contribution in [0.1, 0.15) is 54.2 Å². The van der Waals surface area contributed by atoms with Crippen LogP contribution in [0.2, 0.25) is 0 Å². The number of benzene rings is 3. The summed E-state index contributed by atoms with van der Waals surface area (Å²) in [6.45, 7) is 7.33. The SMILES string of the molecule is Brc1cc2c3c(c1)C1CCCC1CN3CCNC2.Fc1ccc([C@@H]2CCNC[C@H]2COc2ccc3c(c2)OCO3)cc1. The first-order valence-corrected chi connectivity index (χ1v) is 16.2. The van der Waals surface area contributed by atoms with Crippen LogP contribution >= 0.6 is 15.9 Å². The van der Waals surface area contributed by atoms with Gasteiger partial charge in [0.2, 0.25) is 6.79 Å². The molecule has 6 nitrogen and oxygen atoms in total. The van der Waals surface area contributed by atoms with Crippen molar-refractivity contribution in [3.05, 3.63) is 81.6 Å². The summed E-state index contributed by atoms with van der Waals surface area (Å²) in [5.74, 6) is 4.51. The fourth-order valence-electron chi connectivity index (χ4n) is 7.58. The van der Waals surface area contributed by atoms with E-state index in [4.69, 9.17) is 14.2 Å². The Morgan fingerprint density at radius 2 is 1.81 bits per heavy atom. The number of hydrogen-bond donors (Lipinski definition) is 2. The highest BCUT2D eigenvalue weighted by Crippen LogP contribution is 2.49. The van der Waals surface area contributed by atoms with E-state index in [0.29, 0.717) is 18.4 Å². The Morgan fingerprint density at radius 1 is 0.929 bits per heavy atom. The predicted octanol–water partition coefficient (Wildman–Crippen LogP) is 6.58. The lowest BCUT2D eigenvalue weighted by atomic mass is 9.81. The van der Waals surface area contributed by atoms with Crippen molar-refractivity contribution in [1.82, 2.24) is 10.6 Å². The van der Waals surface area contributed by atoms with E-state index in [1.807, 2.05) is 30.3 Å². The third-order valence-corrected chi connectivity index (χ3v) is 10.1. The molecule has 1 aliphatic carbocycles. The smallest absolute Gasteiger partial charge is 0.231 e. The zero-order valence-electron chi connectivity index (χ0n) is 23.9. The van der Waals surface area contributed by atoms with Gasteiger partial charge in [0.05, 0.1) is 6.61 Å². The van der Waals surface area contributed by atoms with Crippen LogP contribution in [0.4, 0.5) is 10.1 Å². The molecule has 3 aromatic rings. The first kappa shape index (κ1) is 28.0. The van der Waals surface area contributed by atoms with Crippen molar-refractivity contribution in [1.29, 1.82) is 0 Å². The summed E-state index contributed by atoms with van der Waals surface area (Å²) in [4.78, 5) is 2.64. The lowest BCUT2D eigenvalue weighted by molar-refractivity contribution is 0.173. The maximum Gasteiger partial charge on any atom is 0.231 e. The first-order valence-electron chi connectivity index (χ1n) is 15.4. The summed E-state index contributed by atoms with van der Waals surface area (Å²) in [7, 11) is 0. The van der Waals surface area contributed by atoms with Crippen molar-refractivity contribution in [3.8, 4) is 17.2 Å². The number of fused-ring (bicyclic) bond motifs is 3. The van der Waals surface area contributed by atoms with E-state index in [2.05, 4.69) is 43.6 Å². The molecule has 2 unspecified atom stereocenters. The summed E-state index contributed by atoms with van der Waals surface area (Å²) in [6.07, 6.45) is 5.27. The molecule has 0 radical (unpaired) electrons. The zero-order valence-corrected chi connectivity index (χ0v) is 25.5. The summed E-state index contributed by atoms with van der Waals surface area (Å²) in [6, 6.07) is 17.2. The van der Waals surface area contributed by atoms with Crippen molar-refractivity contribution >= 4 is 21.6 Å². The highest BCUT2D eigenvalue weighted by atomic mass is 79.9. The van der Waals surface area contributed by atoms with E-state index in [1.54, 1.807) is 11.3 Å². The zero-order chi connectivity index (χ0) is 28.5. The molecule has 2 fully saturated rings. The number of nitrogens with zero attached hydrogens (tertiary/aromatic N) is 1. The van der Waals surface area contributed by atoms with Gasteiger partial charge >= 0.3 is 0 Å². The Hall–Kier alpha value is -2.81. The molecule has 0 spiro atoms. The molecular weight excluding hydrogens is 597 g/mol. The molecule has 222 valence electrons. The maximum atomic E-state index is 13.2. The lowest BCUT2D eigenvalue weighted by Crippen LogP contribution is -2.38. The van der Waals surface area contributed by atoms with E-state index in [-0.39, 0.29) is 12.6 Å². The van der Waals surface area contributed by atoms with Crippen molar-refractivity contribution in [2.24, 2.45) is 11.8 Å². The minimum Gasteiger partial charge on any atom is -0.493 e. The van der Waals surface area contributed by atoms with Crippen LogP contribution in [0.25, 0.3) is 0 Å². The first-order chi connectivity index (χ1) is 20.6. The summed E-state index contributed by atoms with van der Waals surface area (Å²) in [5.41, 5.74) is 5.85. The Bertz CT molecular complexity index is 1400. The van der Waals surface area contributed by atoms with Gasteiger partial charge in [0.25, 0.3) is 0 Å². The number of halogens is 2. The molecule has 3 aromatic carbocycles. The van der Waals surface area contributed by atoms with E-state index in [1.165, 1.54) is 60.1 Å². The second-order valence-electron chi connectivity index (χ2n) is 12.2. The van der Waals surface area contributed by atoms with E-state index >= 15 is 0 Å². The summed E-state index contributed by atoms with van der Waals surface area (Å²) in [5, 5.41) is 6.98. The van der Waals surface area contributed by atoms with Crippen molar-refractivity contribution in [2.75, 3.05) is 51.0 Å². The fraction of sp³-hybridized carbons (Fsp3) is 0.471. The Kier molecular flexibility index (Phi) is 8.28. The maximum absolute atomic E-state index is 13.2. The molecule has 42 heavy (non-hydrogen) atoms. The monoisotopic (exact) mass is 635 g/mol. The van der Waals surface area contributed by atoms with Crippen LogP contribution in [0, 0.1) is 17.7 Å². The number of anilines is 1. The van der Waals surface area contributed by atoms with Gasteiger partial charge in [-0.2, -0.15) is 0 Å². The molecule has 8 heteroatoms. The molecule has 4 aliphatic heterocycles. The normalized spacial score (nSPS) is 25.5. The van der Waals surface area contributed by atoms with Crippen molar-refractivity contribution < 1.29 is 18.6 Å². The molecule has 0 amide bonds. The van der Waals surface area contributed by atoms with Gasteiger partial charge in [-0.3, -0.25) is 0 Å². The van der Waals surface area contributed by atoms with Gasteiger partial charge < -0.3 is 29.7 Å². The molecule has 1 saturated carbocycles. The predicted molar refractivity (Wildman–Crippen MR) is 166 cm³/mol. The second kappa shape index (κ2) is 12.4. The van der Waals surface area contributed by atoms with Crippen LogP contribution in [0.3, 0.4) is 0 Å². The summed E-state index contributed by atoms with van der Waals surface area (Å²) < 4.78 is 31.1. The van der Waals surface area contributed by atoms with E-state index in [0.717, 1.165) is 61.7 Å². The van der Waals surface area contributed by atoms with Gasteiger partial charge in [0, 0.05) is 54.9 Å². The molecule has 0 aromatic heterocycles. The largest absolute Gasteiger partial charge is 0.493 e. The number of hydrogen-bond acceptors (Lipinski definition) is 6. The number of piperidine rings is 1. The Balaban J connectivity index is 0.000000142. The quantitative estimate of drug-likeness (QED) is 0.338. The highest BCUT2D eigenvalue weighted by molar-refractivity contribution is 9.10. The van der Waals surface area contributed by atoms with Crippen LogP contribution in [-0.4, -0.2) is 46.1 Å². The average molecular weight is 637 g/mol. The van der Waals surface area contributed by atoms with Gasteiger partial charge in [0.1, 0.15) is 11.6 Å². The van der Waals surface area contributed by atoms with Gasteiger partial charge in [-0.1, -0.05) is 34.5 Å². The molecule has 2 N–H and O–H groups in total. The summed E-state index contributed by atoms with van der Waals surface area (Å²) >= 11 is 3.70. The molecule has 4 heterocycles. The number of ether oxygens (including phenoxy) is 3. The van der Waals surface area contributed by atoms with Gasteiger partial charge in [-0.15, -0.1) is 0 Å². The lowest BCUT2D eigenvalue weighted by Gasteiger charge is -2.39. The van der Waals surface area contributed by atoms with Crippen LogP contribution in [0.15, 0.2) is 59.1 Å². The minimum atomic E-state index is -0.194. The number of rotatable bonds is 4. The molecule has 0 bridgehead atoms. The van der Waals surface area contributed by atoms with Crippen LogP contribution < -0.4 is 29.7 Å². The minimum absolute atomic E-state index is 0.194. The van der Waals surface area contributed by atoms with Crippen molar-refractivity contribution in [2.45, 2.75) is 44.1 Å². The molecule has 5 aliphatic rings. The fourth-order valence-corrected chi connectivity index (χ4v) is 8.10. The highest BCUT2D eigenvalue weighted by Gasteiger charge is 2.38. The molecule has 1 saturated heterocycles. The second-order valence-corrected chi connectivity index (χ2v) is 13.1. The molecular formula is C34H39BrFN3O3. The third kappa shape index (κ3) is 5.86. The van der Waals surface area contributed by atoms with Gasteiger partial charge in [-0.05, 0) is 96.6 Å². The Morgan fingerprint density at radius 3 is 2.71 bits per heavy atom. The average Bonchev–Trinajstić information content (AvgIpc) is 3.64. The van der Waals surface area contributed by atoms with Crippen LogP contribution in [-0.2, 0) is 6.54 Å². The third-order valence-electron chi connectivity index (χ3n) is 9.60. The van der Waals surface area contributed by atoms with Crippen LogP contribution in [0.5, 0.6) is 17.2 Å². The topological polar surface area (TPSA) is 55.0 Å². The van der Waals surface area contributed by atoms with E-state index < -0.39 is 0 Å². The molecule has 4 atom stereocenters. The number of nitrogens with one attached hydrogen (secondary N) is 2. The van der Waals surface area contributed by atoms with Crippen molar-refractivity contribution in [3.63, 3.8) is 0 Å². The van der Waals surface area contributed by atoms with Gasteiger partial charge in [0.15, 0.2) is 11.5 Å². The molecule has 8 rings (SSSR count). The van der Waals surface area contributed by atoms with Gasteiger partial charge in [-0.25, -0.2) is 4.39 Å². The van der Waals surface area contributed by atoms with E-state index in [9.17, 15) is 4.39 Å². The Labute approximate surface area is 256 Å².